The number of carbonyl (C=O) groups excluding carboxylic acids is 2. The zero-order valence-electron chi connectivity index (χ0n) is 14.9. The van der Waals surface area contributed by atoms with Crippen molar-refractivity contribution >= 4 is 12.2 Å². The second-order valence-electron chi connectivity index (χ2n) is 8.38. The maximum atomic E-state index is 12.3. The summed E-state index contributed by atoms with van der Waals surface area (Å²) in [5.74, 6) is 0.238. The van der Waals surface area contributed by atoms with Crippen molar-refractivity contribution in [2.75, 3.05) is 13.1 Å². The average molecular weight is 324 g/mol. The van der Waals surface area contributed by atoms with Crippen LogP contribution in [0.15, 0.2) is 12.2 Å². The predicted octanol–water partition coefficient (Wildman–Crippen LogP) is 3.08. The molecular weight excluding hydrogens is 296 g/mol. The van der Waals surface area contributed by atoms with Crippen LogP contribution in [0.3, 0.4) is 0 Å². The highest BCUT2D eigenvalue weighted by molar-refractivity contribution is 5.72. The van der Waals surface area contributed by atoms with Crippen LogP contribution in [0.5, 0.6) is 0 Å². The number of amides is 2. The van der Waals surface area contributed by atoms with Gasteiger partial charge in [-0.05, 0) is 48.0 Å². The number of nitrogens with one attached hydrogen (secondary N) is 1. The van der Waals surface area contributed by atoms with Gasteiger partial charge in [-0.15, -0.1) is 0 Å². The quantitative estimate of drug-likeness (QED) is 0.753. The molecule has 6 nitrogen and oxygen atoms in total. The lowest BCUT2D eigenvalue weighted by Crippen LogP contribution is -2.50. The summed E-state index contributed by atoms with van der Waals surface area (Å²) in [6.45, 7) is 11.9. The van der Waals surface area contributed by atoms with Gasteiger partial charge in [-0.1, -0.05) is 12.2 Å². The summed E-state index contributed by atoms with van der Waals surface area (Å²) >= 11 is 0. The van der Waals surface area contributed by atoms with Gasteiger partial charge in [-0.2, -0.15) is 0 Å². The molecule has 0 bridgehead atoms. The minimum atomic E-state index is -0.545. The Labute approximate surface area is 138 Å². The largest absolute Gasteiger partial charge is 0.444 e. The van der Waals surface area contributed by atoms with E-state index in [0.717, 1.165) is 6.42 Å². The number of rotatable bonds is 1. The summed E-state index contributed by atoms with van der Waals surface area (Å²) < 4.78 is 10.8. The first-order valence-electron chi connectivity index (χ1n) is 8.06. The van der Waals surface area contributed by atoms with E-state index in [2.05, 4.69) is 11.4 Å². The Hall–Kier alpha value is -1.72. The summed E-state index contributed by atoms with van der Waals surface area (Å²) in [6.07, 6.45) is 4.02. The number of ether oxygens (including phenoxy) is 2. The summed E-state index contributed by atoms with van der Waals surface area (Å²) in [5.41, 5.74) is -1.52. The van der Waals surface area contributed by atoms with E-state index in [1.807, 2.05) is 47.6 Å². The van der Waals surface area contributed by atoms with E-state index in [1.165, 1.54) is 0 Å². The number of nitrogens with zero attached hydrogens (tertiary/aromatic N) is 1. The first-order chi connectivity index (χ1) is 10.4. The number of hydrogen-bond acceptors (Lipinski definition) is 4. The van der Waals surface area contributed by atoms with Gasteiger partial charge in [0.05, 0.1) is 5.54 Å². The maximum Gasteiger partial charge on any atom is 0.410 e. The molecule has 0 aromatic rings. The van der Waals surface area contributed by atoms with Crippen LogP contribution in [-0.2, 0) is 9.47 Å². The number of fused-ring (bicyclic) bond motifs is 1. The molecule has 1 aliphatic carbocycles. The molecule has 1 saturated carbocycles. The van der Waals surface area contributed by atoms with Crippen LogP contribution in [0, 0.1) is 5.92 Å². The van der Waals surface area contributed by atoms with Crippen molar-refractivity contribution in [1.29, 1.82) is 0 Å². The van der Waals surface area contributed by atoms with Gasteiger partial charge in [0, 0.05) is 19.0 Å². The Balaban J connectivity index is 2.02. The van der Waals surface area contributed by atoms with Crippen molar-refractivity contribution in [2.45, 2.75) is 64.7 Å². The van der Waals surface area contributed by atoms with Gasteiger partial charge in [0.15, 0.2) is 0 Å². The Morgan fingerprint density at radius 2 is 1.74 bits per heavy atom. The van der Waals surface area contributed by atoms with Crippen LogP contribution in [-0.4, -0.2) is 46.9 Å². The summed E-state index contributed by atoms with van der Waals surface area (Å²) in [5, 5.41) is 2.95. The van der Waals surface area contributed by atoms with E-state index in [1.54, 1.807) is 4.90 Å². The lowest BCUT2D eigenvalue weighted by molar-refractivity contribution is 0.0225. The molecule has 2 amide bonds. The number of alkyl carbamates (subject to hydrolysis) is 1. The lowest BCUT2D eigenvalue weighted by atomic mass is 10.2. The first-order valence-corrected chi connectivity index (χ1v) is 8.06. The van der Waals surface area contributed by atoms with Crippen LogP contribution in [0.2, 0.25) is 0 Å². The van der Waals surface area contributed by atoms with E-state index >= 15 is 0 Å². The fraction of sp³-hybridized carbons (Fsp3) is 0.765. The Kier molecular flexibility index (Phi) is 4.39. The molecule has 0 radical (unpaired) electrons. The molecule has 6 heteroatoms. The van der Waals surface area contributed by atoms with Crippen molar-refractivity contribution in [3.05, 3.63) is 12.2 Å². The topological polar surface area (TPSA) is 67.9 Å². The van der Waals surface area contributed by atoms with Crippen LogP contribution < -0.4 is 5.32 Å². The van der Waals surface area contributed by atoms with Crippen LogP contribution in [0.1, 0.15) is 48.0 Å². The molecular formula is C17H28N2O4. The fourth-order valence-electron chi connectivity index (χ4n) is 2.68. The third-order valence-electron chi connectivity index (χ3n) is 3.70. The Morgan fingerprint density at radius 3 is 2.30 bits per heavy atom. The van der Waals surface area contributed by atoms with Gasteiger partial charge >= 0.3 is 12.2 Å². The zero-order chi connectivity index (χ0) is 17.5. The van der Waals surface area contributed by atoms with Crippen LogP contribution in [0.25, 0.3) is 0 Å². The lowest BCUT2D eigenvalue weighted by Gasteiger charge is -2.30. The molecule has 2 rings (SSSR count). The summed E-state index contributed by atoms with van der Waals surface area (Å²) in [6, 6.07) is 0. The summed E-state index contributed by atoms with van der Waals surface area (Å²) in [7, 11) is 0. The molecule has 130 valence electrons. The van der Waals surface area contributed by atoms with E-state index in [0.29, 0.717) is 13.1 Å². The highest BCUT2D eigenvalue weighted by atomic mass is 16.6. The van der Waals surface area contributed by atoms with Crippen LogP contribution in [0.4, 0.5) is 9.59 Å². The maximum absolute atomic E-state index is 12.3. The van der Waals surface area contributed by atoms with Crippen molar-refractivity contribution in [3.8, 4) is 0 Å². The number of carbonyl (C=O) groups is 2. The molecule has 1 N–H and O–H groups in total. The second-order valence-corrected chi connectivity index (χ2v) is 8.38. The Bertz CT molecular complexity index is 516. The predicted molar refractivity (Wildman–Crippen MR) is 87.2 cm³/mol. The number of hydrogen-bond donors (Lipinski definition) is 1. The third-order valence-corrected chi connectivity index (χ3v) is 3.70. The normalized spacial score (nSPS) is 26.9. The van der Waals surface area contributed by atoms with Gasteiger partial charge in [-0.25, -0.2) is 9.59 Å². The summed E-state index contributed by atoms with van der Waals surface area (Å²) in [4.78, 5) is 26.0. The minimum absolute atomic E-state index is 0.238. The fourth-order valence-corrected chi connectivity index (χ4v) is 2.68. The minimum Gasteiger partial charge on any atom is -0.444 e. The monoisotopic (exact) mass is 324 g/mol. The highest BCUT2D eigenvalue weighted by Crippen LogP contribution is 2.46. The van der Waals surface area contributed by atoms with Gasteiger partial charge in [0.1, 0.15) is 11.2 Å². The molecule has 2 atom stereocenters. The van der Waals surface area contributed by atoms with Crippen molar-refractivity contribution in [2.24, 2.45) is 5.92 Å². The third kappa shape index (κ3) is 4.88. The first kappa shape index (κ1) is 17.6. The molecule has 2 aliphatic rings. The SMILES string of the molecule is CC(C)(C)OC(=O)N[C@@]12C[C@@H]1C=CCN(C(=O)OC(C)(C)C)C2. The van der Waals surface area contributed by atoms with E-state index in [4.69, 9.17) is 9.47 Å². The molecule has 0 unspecified atom stereocenters. The molecule has 0 aromatic carbocycles. The molecule has 0 saturated heterocycles. The average Bonchev–Trinajstić information content (AvgIpc) is 2.95. The molecule has 0 aromatic heterocycles. The van der Waals surface area contributed by atoms with Crippen molar-refractivity contribution < 1.29 is 19.1 Å². The van der Waals surface area contributed by atoms with E-state index in [-0.39, 0.29) is 12.0 Å². The smallest absolute Gasteiger partial charge is 0.410 e. The van der Waals surface area contributed by atoms with Gasteiger partial charge in [0.2, 0.25) is 0 Å². The molecule has 1 aliphatic heterocycles. The van der Waals surface area contributed by atoms with Gasteiger partial charge < -0.3 is 19.7 Å². The standard InChI is InChI=1S/C17H28N2O4/c1-15(2,3)22-13(20)18-17-10-12(17)8-7-9-19(11-17)14(21)23-16(4,5)6/h7-8,12H,9-11H2,1-6H3,(H,18,20)/t12-,17+/m0/s1. The van der Waals surface area contributed by atoms with Crippen molar-refractivity contribution in [1.82, 2.24) is 10.2 Å². The zero-order valence-corrected chi connectivity index (χ0v) is 14.9. The Morgan fingerprint density at radius 1 is 1.13 bits per heavy atom. The van der Waals surface area contributed by atoms with Gasteiger partial charge in [0.25, 0.3) is 0 Å². The molecule has 23 heavy (non-hydrogen) atoms. The van der Waals surface area contributed by atoms with Crippen molar-refractivity contribution in [3.63, 3.8) is 0 Å². The molecule has 1 fully saturated rings. The van der Waals surface area contributed by atoms with Crippen LogP contribution >= 0.6 is 0 Å². The van der Waals surface area contributed by atoms with E-state index < -0.39 is 22.8 Å². The van der Waals surface area contributed by atoms with E-state index in [9.17, 15) is 9.59 Å². The molecule has 0 spiro atoms. The highest BCUT2D eigenvalue weighted by Gasteiger charge is 2.56. The molecule has 1 heterocycles. The second kappa shape index (κ2) is 5.73. The van der Waals surface area contributed by atoms with Gasteiger partial charge in [-0.3, -0.25) is 0 Å².